The van der Waals surface area contributed by atoms with Gasteiger partial charge in [0.2, 0.25) is 0 Å². The SMILES string of the molecule is C#CCN1C(=O)SC(=Cc2ccc(OCC)cc2OCC)C1=O. The van der Waals surface area contributed by atoms with Gasteiger partial charge in [-0.15, -0.1) is 6.42 Å². The van der Waals surface area contributed by atoms with Crippen molar-refractivity contribution in [3.63, 3.8) is 0 Å². The van der Waals surface area contributed by atoms with Crippen molar-refractivity contribution in [3.8, 4) is 23.8 Å². The monoisotopic (exact) mass is 331 g/mol. The highest BCUT2D eigenvalue weighted by Crippen LogP contribution is 2.34. The number of carbonyl (C=O) groups excluding carboxylic acids is 2. The van der Waals surface area contributed by atoms with Crippen LogP contribution in [0, 0.1) is 12.3 Å². The van der Waals surface area contributed by atoms with Gasteiger partial charge in [0.15, 0.2) is 0 Å². The largest absolute Gasteiger partial charge is 0.494 e. The molecular formula is C17H17NO4S. The zero-order valence-corrected chi connectivity index (χ0v) is 13.8. The molecule has 0 aliphatic carbocycles. The lowest BCUT2D eigenvalue weighted by Crippen LogP contribution is -2.28. The van der Waals surface area contributed by atoms with Crippen LogP contribution < -0.4 is 9.47 Å². The summed E-state index contributed by atoms with van der Waals surface area (Å²) in [5.41, 5.74) is 0.710. The number of hydrogen-bond donors (Lipinski definition) is 0. The van der Waals surface area contributed by atoms with E-state index >= 15 is 0 Å². The predicted octanol–water partition coefficient (Wildman–Crippen LogP) is 3.15. The first-order chi connectivity index (χ1) is 11.1. The van der Waals surface area contributed by atoms with Crippen molar-refractivity contribution in [2.45, 2.75) is 13.8 Å². The molecule has 0 spiro atoms. The summed E-state index contributed by atoms with van der Waals surface area (Å²) in [6.45, 7) is 4.78. The van der Waals surface area contributed by atoms with Gasteiger partial charge in [-0.1, -0.05) is 5.92 Å². The summed E-state index contributed by atoms with van der Waals surface area (Å²) in [7, 11) is 0. The zero-order valence-electron chi connectivity index (χ0n) is 13.0. The molecule has 1 aromatic rings. The minimum absolute atomic E-state index is 0.0242. The second-order valence-electron chi connectivity index (χ2n) is 4.54. The van der Waals surface area contributed by atoms with Crippen LogP contribution in [0.25, 0.3) is 6.08 Å². The first kappa shape index (κ1) is 17.0. The summed E-state index contributed by atoms with van der Waals surface area (Å²) >= 11 is 0.874. The molecule has 0 bridgehead atoms. The molecule has 5 nitrogen and oxygen atoms in total. The Balaban J connectivity index is 2.33. The number of carbonyl (C=O) groups is 2. The van der Waals surface area contributed by atoms with Gasteiger partial charge in [0.25, 0.3) is 11.1 Å². The van der Waals surface area contributed by atoms with Gasteiger partial charge in [0, 0.05) is 11.6 Å². The first-order valence-corrected chi connectivity index (χ1v) is 8.00. The first-order valence-electron chi connectivity index (χ1n) is 7.19. The molecular weight excluding hydrogens is 314 g/mol. The highest BCUT2D eigenvalue weighted by Gasteiger charge is 2.34. The number of nitrogens with zero attached hydrogens (tertiary/aromatic N) is 1. The van der Waals surface area contributed by atoms with E-state index < -0.39 is 0 Å². The average Bonchev–Trinajstić information content (AvgIpc) is 2.78. The third kappa shape index (κ3) is 3.88. The minimum atomic E-state index is -0.380. The van der Waals surface area contributed by atoms with E-state index in [1.54, 1.807) is 24.3 Å². The lowest BCUT2D eigenvalue weighted by Gasteiger charge is -2.11. The zero-order chi connectivity index (χ0) is 16.8. The summed E-state index contributed by atoms with van der Waals surface area (Å²) < 4.78 is 11.0. The second-order valence-corrected chi connectivity index (χ2v) is 5.53. The lowest BCUT2D eigenvalue weighted by atomic mass is 10.1. The third-order valence-corrected chi connectivity index (χ3v) is 3.91. The van der Waals surface area contributed by atoms with E-state index in [-0.39, 0.29) is 17.7 Å². The van der Waals surface area contributed by atoms with E-state index in [4.69, 9.17) is 15.9 Å². The third-order valence-electron chi connectivity index (χ3n) is 3.01. The van der Waals surface area contributed by atoms with Gasteiger partial charge in [0.05, 0.1) is 24.7 Å². The summed E-state index contributed by atoms with van der Waals surface area (Å²) in [5.74, 6) is 3.22. The molecule has 120 valence electrons. The number of imide groups is 1. The Kier molecular flexibility index (Phi) is 5.72. The van der Waals surface area contributed by atoms with E-state index in [9.17, 15) is 9.59 Å². The van der Waals surface area contributed by atoms with Gasteiger partial charge in [-0.3, -0.25) is 14.5 Å². The van der Waals surface area contributed by atoms with Gasteiger partial charge < -0.3 is 9.47 Å². The van der Waals surface area contributed by atoms with Crippen molar-refractivity contribution in [2.24, 2.45) is 0 Å². The van der Waals surface area contributed by atoms with Crippen molar-refractivity contribution in [1.29, 1.82) is 0 Å². The van der Waals surface area contributed by atoms with Crippen LogP contribution in [0.3, 0.4) is 0 Å². The number of thioether (sulfide) groups is 1. The molecule has 0 saturated carbocycles. The summed E-state index contributed by atoms with van der Waals surface area (Å²) in [4.78, 5) is 25.4. The van der Waals surface area contributed by atoms with Crippen LogP contribution >= 0.6 is 11.8 Å². The number of hydrogen-bond acceptors (Lipinski definition) is 5. The van der Waals surface area contributed by atoms with Crippen LogP contribution in [-0.2, 0) is 4.79 Å². The topological polar surface area (TPSA) is 55.8 Å². The summed E-state index contributed by atoms with van der Waals surface area (Å²) in [6, 6.07) is 5.36. The van der Waals surface area contributed by atoms with Gasteiger partial charge in [-0.25, -0.2) is 0 Å². The number of amides is 2. The average molecular weight is 331 g/mol. The molecule has 2 rings (SSSR count). The predicted molar refractivity (Wildman–Crippen MR) is 90.3 cm³/mol. The molecule has 2 amide bonds. The maximum atomic E-state index is 12.2. The maximum absolute atomic E-state index is 12.2. The van der Waals surface area contributed by atoms with Crippen LogP contribution in [0.15, 0.2) is 23.1 Å². The summed E-state index contributed by atoms with van der Waals surface area (Å²) in [6.07, 6.45) is 6.82. The Labute approximate surface area is 139 Å². The Morgan fingerprint density at radius 1 is 1.26 bits per heavy atom. The molecule has 0 unspecified atom stereocenters. The molecule has 1 aromatic carbocycles. The van der Waals surface area contributed by atoms with Gasteiger partial charge in [0.1, 0.15) is 11.5 Å². The van der Waals surface area contributed by atoms with E-state index in [0.717, 1.165) is 16.7 Å². The smallest absolute Gasteiger partial charge is 0.294 e. The standard InChI is InChI=1S/C17H17NO4S/c1-4-9-18-16(19)15(23-17(18)20)10-12-7-8-13(21-5-2)11-14(12)22-6-3/h1,7-8,10-11H,5-6,9H2,2-3H3. The minimum Gasteiger partial charge on any atom is -0.494 e. The van der Waals surface area contributed by atoms with Crippen molar-refractivity contribution in [2.75, 3.05) is 19.8 Å². The Morgan fingerprint density at radius 3 is 2.65 bits per heavy atom. The lowest BCUT2D eigenvalue weighted by molar-refractivity contribution is -0.122. The van der Waals surface area contributed by atoms with Gasteiger partial charge >= 0.3 is 0 Å². The van der Waals surface area contributed by atoms with Crippen molar-refractivity contribution in [3.05, 3.63) is 28.7 Å². The van der Waals surface area contributed by atoms with E-state index in [1.165, 1.54) is 0 Å². The molecule has 1 aliphatic rings. The van der Waals surface area contributed by atoms with Crippen molar-refractivity contribution >= 4 is 29.0 Å². The molecule has 1 heterocycles. The quantitative estimate of drug-likeness (QED) is 0.592. The second kappa shape index (κ2) is 7.75. The van der Waals surface area contributed by atoms with E-state index in [1.807, 2.05) is 13.8 Å². The van der Waals surface area contributed by atoms with E-state index in [2.05, 4.69) is 5.92 Å². The summed E-state index contributed by atoms with van der Waals surface area (Å²) in [5, 5.41) is -0.358. The fraction of sp³-hybridized carbons (Fsp3) is 0.294. The molecule has 6 heteroatoms. The van der Waals surface area contributed by atoms with E-state index in [0.29, 0.717) is 35.2 Å². The molecule has 1 fully saturated rings. The van der Waals surface area contributed by atoms with Crippen LogP contribution in [-0.4, -0.2) is 35.8 Å². The maximum Gasteiger partial charge on any atom is 0.294 e. The van der Waals surface area contributed by atoms with Crippen LogP contribution in [0.4, 0.5) is 4.79 Å². The fourth-order valence-electron chi connectivity index (χ4n) is 2.04. The molecule has 0 N–H and O–H groups in total. The van der Waals surface area contributed by atoms with Crippen molar-refractivity contribution in [1.82, 2.24) is 4.90 Å². The van der Waals surface area contributed by atoms with Crippen LogP contribution in [0.1, 0.15) is 19.4 Å². The highest BCUT2D eigenvalue weighted by molar-refractivity contribution is 8.18. The van der Waals surface area contributed by atoms with Crippen LogP contribution in [0.2, 0.25) is 0 Å². The number of rotatable bonds is 6. The van der Waals surface area contributed by atoms with Gasteiger partial charge in [-0.2, -0.15) is 0 Å². The number of ether oxygens (including phenoxy) is 2. The normalized spacial score (nSPS) is 15.9. The fourth-order valence-corrected chi connectivity index (χ4v) is 2.87. The molecule has 0 atom stereocenters. The molecule has 1 aliphatic heterocycles. The molecule has 1 saturated heterocycles. The number of terminal acetylenes is 1. The molecule has 0 radical (unpaired) electrons. The molecule has 0 aromatic heterocycles. The van der Waals surface area contributed by atoms with Gasteiger partial charge in [-0.05, 0) is 43.8 Å². The van der Waals surface area contributed by atoms with Crippen LogP contribution in [0.5, 0.6) is 11.5 Å². The van der Waals surface area contributed by atoms with Crippen molar-refractivity contribution < 1.29 is 19.1 Å². The molecule has 23 heavy (non-hydrogen) atoms. The highest BCUT2D eigenvalue weighted by atomic mass is 32.2. The Morgan fingerprint density at radius 2 is 2.00 bits per heavy atom. The Hall–Kier alpha value is -2.39. The number of benzene rings is 1. The Bertz CT molecular complexity index is 690.